The average molecular weight is 543 g/mol. The molecule has 0 spiro atoms. The first-order valence-electron chi connectivity index (χ1n) is 10.5. The van der Waals surface area contributed by atoms with Crippen LogP contribution < -0.4 is 16.0 Å². The van der Waals surface area contributed by atoms with Crippen molar-refractivity contribution in [2.24, 2.45) is 4.99 Å². The van der Waals surface area contributed by atoms with Crippen molar-refractivity contribution < 1.29 is 4.74 Å². The molecule has 2 heterocycles. The maximum absolute atomic E-state index is 5.65. The van der Waals surface area contributed by atoms with Gasteiger partial charge in [-0.1, -0.05) is 37.3 Å². The molecular weight excluding hydrogens is 507 g/mol. The minimum absolute atomic E-state index is 0. The molecule has 1 aliphatic heterocycles. The van der Waals surface area contributed by atoms with Gasteiger partial charge in [0.15, 0.2) is 5.96 Å². The topological polar surface area (TPSA) is 57.7 Å². The number of nitrogens with zero attached hydrogens (tertiary/aromatic N) is 1. The van der Waals surface area contributed by atoms with E-state index in [1.807, 2.05) is 7.05 Å². The number of ether oxygens (including phenoxy) is 1. The summed E-state index contributed by atoms with van der Waals surface area (Å²) in [6.45, 7) is 7.74. The van der Waals surface area contributed by atoms with E-state index in [0.717, 1.165) is 45.1 Å². The lowest BCUT2D eigenvalue weighted by molar-refractivity contribution is 0.0355. The van der Waals surface area contributed by atoms with Crippen LogP contribution in [0.3, 0.4) is 0 Å². The van der Waals surface area contributed by atoms with Gasteiger partial charge in [0.25, 0.3) is 0 Å². The third-order valence-corrected chi connectivity index (χ3v) is 6.48. The molecule has 1 fully saturated rings. The van der Waals surface area contributed by atoms with E-state index >= 15 is 0 Å². The summed E-state index contributed by atoms with van der Waals surface area (Å²) in [5, 5.41) is 15.3. The van der Waals surface area contributed by atoms with Gasteiger partial charge in [-0.05, 0) is 53.6 Å². The highest BCUT2D eigenvalue weighted by atomic mass is 127. The largest absolute Gasteiger partial charge is 0.381 e. The number of thiophene rings is 1. The molecule has 3 rings (SSSR count). The van der Waals surface area contributed by atoms with Gasteiger partial charge >= 0.3 is 0 Å². The molecule has 166 valence electrons. The minimum atomic E-state index is -0.00982. The highest BCUT2D eigenvalue weighted by molar-refractivity contribution is 14.0. The van der Waals surface area contributed by atoms with Crippen LogP contribution in [-0.4, -0.2) is 44.8 Å². The molecular formula is C23H35IN4OS. The van der Waals surface area contributed by atoms with Gasteiger partial charge in [-0.25, -0.2) is 0 Å². The smallest absolute Gasteiger partial charge is 0.191 e. The molecule has 0 bridgehead atoms. The number of benzene rings is 1. The lowest BCUT2D eigenvalue weighted by Crippen LogP contribution is -2.58. The van der Waals surface area contributed by atoms with Crippen LogP contribution in [0.2, 0.25) is 0 Å². The van der Waals surface area contributed by atoms with Crippen LogP contribution in [0.25, 0.3) is 0 Å². The Morgan fingerprint density at radius 1 is 1.10 bits per heavy atom. The Hall–Kier alpha value is -1.16. The minimum Gasteiger partial charge on any atom is -0.381 e. The van der Waals surface area contributed by atoms with Crippen molar-refractivity contribution in [3.63, 3.8) is 0 Å². The van der Waals surface area contributed by atoms with Crippen molar-refractivity contribution in [2.45, 2.75) is 44.2 Å². The average Bonchev–Trinajstić information content (AvgIpc) is 3.30. The second-order valence-corrected chi connectivity index (χ2v) is 8.71. The lowest BCUT2D eigenvalue weighted by Gasteiger charge is -2.41. The molecule has 30 heavy (non-hydrogen) atoms. The van der Waals surface area contributed by atoms with Crippen molar-refractivity contribution in [3.05, 3.63) is 58.3 Å². The first-order valence-corrected chi connectivity index (χ1v) is 11.4. The first kappa shape index (κ1) is 25.1. The molecule has 0 radical (unpaired) electrons. The fraction of sp³-hybridized carbons (Fsp3) is 0.522. The third kappa shape index (κ3) is 7.21. The van der Waals surface area contributed by atoms with Crippen LogP contribution in [0.15, 0.2) is 52.2 Å². The standard InChI is InChI=1S/C23H34N4OS.HI/c1-18(21-9-14-29-16-21)15-25-22(24-3)26-17-23(10-12-28-13-11-23)27-19(2)20-7-5-4-6-8-20;/h4-9,14,16,18-19,27H,10-13,15,17H2,1-3H3,(H2,24,25,26);1H. The van der Waals surface area contributed by atoms with E-state index in [4.69, 9.17) is 4.74 Å². The normalized spacial score (nSPS) is 18.2. The highest BCUT2D eigenvalue weighted by Gasteiger charge is 2.34. The van der Waals surface area contributed by atoms with E-state index in [2.05, 4.69) is 81.9 Å². The van der Waals surface area contributed by atoms with Gasteiger partial charge in [0.2, 0.25) is 0 Å². The number of hydrogen-bond donors (Lipinski definition) is 3. The summed E-state index contributed by atoms with van der Waals surface area (Å²) in [5.41, 5.74) is 2.67. The molecule has 7 heteroatoms. The van der Waals surface area contributed by atoms with Gasteiger partial charge in [0, 0.05) is 44.9 Å². The highest BCUT2D eigenvalue weighted by Crippen LogP contribution is 2.25. The van der Waals surface area contributed by atoms with Gasteiger partial charge < -0.3 is 20.7 Å². The molecule has 1 aromatic heterocycles. The number of rotatable bonds is 8. The van der Waals surface area contributed by atoms with E-state index in [9.17, 15) is 0 Å². The van der Waals surface area contributed by atoms with Gasteiger partial charge in [-0.3, -0.25) is 4.99 Å². The Kier molecular flexibility index (Phi) is 10.6. The Balaban J connectivity index is 0.00000320. The van der Waals surface area contributed by atoms with Gasteiger partial charge in [0.05, 0.1) is 0 Å². The molecule has 1 saturated heterocycles. The number of hydrogen-bond acceptors (Lipinski definition) is 4. The summed E-state index contributed by atoms with van der Waals surface area (Å²) < 4.78 is 5.65. The molecule has 2 atom stereocenters. The van der Waals surface area contributed by atoms with Crippen molar-refractivity contribution in [1.29, 1.82) is 0 Å². The Morgan fingerprint density at radius 2 is 1.83 bits per heavy atom. The van der Waals surface area contributed by atoms with Crippen molar-refractivity contribution >= 4 is 41.3 Å². The molecule has 5 nitrogen and oxygen atoms in total. The van der Waals surface area contributed by atoms with Crippen molar-refractivity contribution in [2.75, 3.05) is 33.4 Å². The van der Waals surface area contributed by atoms with E-state index in [-0.39, 0.29) is 35.6 Å². The first-order chi connectivity index (χ1) is 14.1. The Bertz CT molecular complexity index is 748. The molecule has 0 saturated carbocycles. The predicted molar refractivity (Wildman–Crippen MR) is 138 cm³/mol. The van der Waals surface area contributed by atoms with Crippen LogP contribution in [0.1, 0.15) is 49.8 Å². The van der Waals surface area contributed by atoms with E-state index in [1.54, 1.807) is 11.3 Å². The van der Waals surface area contributed by atoms with E-state index < -0.39 is 0 Å². The summed E-state index contributed by atoms with van der Waals surface area (Å²) in [7, 11) is 1.83. The van der Waals surface area contributed by atoms with E-state index in [0.29, 0.717) is 5.92 Å². The van der Waals surface area contributed by atoms with Gasteiger partial charge in [-0.2, -0.15) is 11.3 Å². The quantitative estimate of drug-likeness (QED) is 0.261. The van der Waals surface area contributed by atoms with Gasteiger partial charge in [-0.15, -0.1) is 24.0 Å². The lowest BCUT2D eigenvalue weighted by atomic mass is 9.88. The van der Waals surface area contributed by atoms with Crippen LogP contribution in [0.4, 0.5) is 0 Å². The van der Waals surface area contributed by atoms with Crippen molar-refractivity contribution in [1.82, 2.24) is 16.0 Å². The fourth-order valence-electron chi connectivity index (χ4n) is 3.82. The number of halogens is 1. The van der Waals surface area contributed by atoms with Crippen LogP contribution in [0, 0.1) is 0 Å². The second kappa shape index (κ2) is 12.6. The fourth-order valence-corrected chi connectivity index (χ4v) is 4.60. The third-order valence-electron chi connectivity index (χ3n) is 5.78. The zero-order valence-electron chi connectivity index (χ0n) is 18.2. The SMILES string of the molecule is CN=C(NCC(C)c1ccsc1)NCC1(NC(C)c2ccccc2)CCOCC1.I. The summed E-state index contributed by atoms with van der Waals surface area (Å²) in [6.07, 6.45) is 1.97. The van der Waals surface area contributed by atoms with Gasteiger partial charge in [0.1, 0.15) is 0 Å². The molecule has 3 N–H and O–H groups in total. The van der Waals surface area contributed by atoms with Crippen LogP contribution in [-0.2, 0) is 4.74 Å². The van der Waals surface area contributed by atoms with Crippen molar-refractivity contribution in [3.8, 4) is 0 Å². The maximum Gasteiger partial charge on any atom is 0.191 e. The molecule has 0 amide bonds. The molecule has 0 aliphatic carbocycles. The molecule has 1 aromatic carbocycles. The molecule has 2 unspecified atom stereocenters. The predicted octanol–water partition coefficient (Wildman–Crippen LogP) is 4.53. The summed E-state index contributed by atoms with van der Waals surface area (Å²) in [6, 6.07) is 13.1. The Labute approximate surface area is 202 Å². The number of guanidine groups is 1. The molecule has 1 aliphatic rings. The summed E-state index contributed by atoms with van der Waals surface area (Å²) in [4.78, 5) is 4.43. The van der Waals surface area contributed by atoms with Crippen LogP contribution >= 0.6 is 35.3 Å². The Morgan fingerprint density at radius 3 is 2.47 bits per heavy atom. The second-order valence-electron chi connectivity index (χ2n) is 7.93. The van der Waals surface area contributed by atoms with E-state index in [1.165, 1.54) is 11.1 Å². The summed E-state index contributed by atoms with van der Waals surface area (Å²) in [5.74, 6) is 1.31. The summed E-state index contributed by atoms with van der Waals surface area (Å²) >= 11 is 1.75. The number of aliphatic imine (C=N–C) groups is 1. The zero-order valence-corrected chi connectivity index (χ0v) is 21.3. The molecule has 2 aromatic rings. The maximum atomic E-state index is 5.65. The van der Waals surface area contributed by atoms with Crippen LogP contribution in [0.5, 0.6) is 0 Å². The monoisotopic (exact) mass is 542 g/mol. The zero-order chi connectivity index (χ0) is 20.5. The number of nitrogens with one attached hydrogen (secondary N) is 3.